The topological polar surface area (TPSA) is 46.3 Å². The van der Waals surface area contributed by atoms with Gasteiger partial charge in [0.25, 0.3) is 5.91 Å². The first-order chi connectivity index (χ1) is 9.18. The summed E-state index contributed by atoms with van der Waals surface area (Å²) in [6.45, 7) is 0.445. The summed E-state index contributed by atoms with van der Waals surface area (Å²) >= 11 is 0. The zero-order valence-corrected chi connectivity index (χ0v) is 10.3. The van der Waals surface area contributed by atoms with Crippen molar-refractivity contribution >= 4 is 17.3 Å². The van der Waals surface area contributed by atoms with E-state index in [1.165, 1.54) is 17.0 Å². The van der Waals surface area contributed by atoms with Gasteiger partial charge in [-0.3, -0.25) is 4.79 Å². The van der Waals surface area contributed by atoms with Gasteiger partial charge in [0, 0.05) is 12.1 Å². The first kappa shape index (κ1) is 11.7. The zero-order valence-electron chi connectivity index (χ0n) is 10.3. The van der Waals surface area contributed by atoms with Crippen molar-refractivity contribution in [3.05, 3.63) is 59.4 Å². The fraction of sp³-hybridized carbons (Fsp3) is 0.133. The maximum atomic E-state index is 13.9. The van der Waals surface area contributed by atoms with E-state index in [0.717, 1.165) is 5.56 Å². The summed E-state index contributed by atoms with van der Waals surface area (Å²) in [4.78, 5) is 13.8. The number of amides is 1. The molecule has 1 aliphatic rings. The van der Waals surface area contributed by atoms with E-state index in [2.05, 4.69) is 0 Å². The molecule has 0 unspecified atom stereocenters. The number of hydrogen-bond acceptors (Lipinski definition) is 2. The lowest BCUT2D eigenvalue weighted by atomic mass is 9.98. The molecular formula is C15H13FN2O. The Balaban J connectivity index is 2.08. The average molecular weight is 256 g/mol. The molecule has 3 rings (SSSR count). The number of nitrogens with zero attached hydrogens (tertiary/aromatic N) is 1. The summed E-state index contributed by atoms with van der Waals surface area (Å²) in [6.07, 6.45) is 0.704. The number of hydrogen-bond donors (Lipinski definition) is 1. The highest BCUT2D eigenvalue weighted by molar-refractivity contribution is 6.09. The molecule has 2 aromatic rings. The molecule has 2 N–H and O–H groups in total. The van der Waals surface area contributed by atoms with Crippen molar-refractivity contribution in [2.24, 2.45) is 0 Å². The van der Waals surface area contributed by atoms with Crippen LogP contribution in [0.4, 0.5) is 15.8 Å². The monoisotopic (exact) mass is 256 g/mol. The molecule has 96 valence electrons. The molecule has 19 heavy (non-hydrogen) atoms. The standard InChI is InChI=1S/C15H13FN2O/c16-12-6-3-7-13(17)14(12)18-9-8-10-4-1-2-5-11(10)15(18)19/h1-7H,8-9,17H2. The Morgan fingerprint density at radius 1 is 1.11 bits per heavy atom. The van der Waals surface area contributed by atoms with E-state index in [9.17, 15) is 9.18 Å². The lowest BCUT2D eigenvalue weighted by Crippen LogP contribution is -2.38. The van der Waals surface area contributed by atoms with E-state index < -0.39 is 5.82 Å². The van der Waals surface area contributed by atoms with Gasteiger partial charge in [0.05, 0.1) is 5.69 Å². The third-order valence-corrected chi connectivity index (χ3v) is 3.39. The van der Waals surface area contributed by atoms with E-state index >= 15 is 0 Å². The van der Waals surface area contributed by atoms with Crippen molar-refractivity contribution in [1.29, 1.82) is 0 Å². The Bertz CT molecular complexity index is 634. The number of fused-ring (bicyclic) bond motifs is 1. The SMILES string of the molecule is Nc1cccc(F)c1N1CCc2ccccc2C1=O. The molecule has 1 aliphatic heterocycles. The Morgan fingerprint density at radius 3 is 2.68 bits per heavy atom. The first-order valence-corrected chi connectivity index (χ1v) is 6.12. The van der Waals surface area contributed by atoms with Crippen LogP contribution in [0.1, 0.15) is 15.9 Å². The second kappa shape index (κ2) is 4.39. The molecule has 0 bridgehead atoms. The number of benzene rings is 2. The number of carbonyl (C=O) groups is 1. The molecule has 0 aliphatic carbocycles. The molecule has 1 amide bonds. The predicted molar refractivity (Wildman–Crippen MR) is 72.6 cm³/mol. The fourth-order valence-electron chi connectivity index (χ4n) is 2.46. The van der Waals surface area contributed by atoms with Crippen LogP contribution in [-0.2, 0) is 6.42 Å². The maximum Gasteiger partial charge on any atom is 0.258 e. The minimum atomic E-state index is -0.465. The van der Waals surface area contributed by atoms with E-state index in [0.29, 0.717) is 18.5 Å². The van der Waals surface area contributed by atoms with Crippen LogP contribution in [0.3, 0.4) is 0 Å². The molecule has 3 nitrogen and oxygen atoms in total. The number of carbonyl (C=O) groups excluding carboxylic acids is 1. The molecule has 4 heteroatoms. The second-order valence-corrected chi connectivity index (χ2v) is 4.54. The van der Waals surface area contributed by atoms with Crippen LogP contribution in [0.25, 0.3) is 0 Å². The third-order valence-electron chi connectivity index (χ3n) is 3.39. The highest BCUT2D eigenvalue weighted by Crippen LogP contribution is 2.31. The Kier molecular flexibility index (Phi) is 2.71. The zero-order chi connectivity index (χ0) is 13.4. The molecule has 0 fully saturated rings. The number of rotatable bonds is 1. The van der Waals surface area contributed by atoms with Crippen LogP contribution in [0.5, 0.6) is 0 Å². The number of para-hydroxylation sites is 1. The Morgan fingerprint density at radius 2 is 1.89 bits per heavy atom. The number of nitrogens with two attached hydrogens (primary N) is 1. The average Bonchev–Trinajstić information content (AvgIpc) is 2.41. The van der Waals surface area contributed by atoms with Crippen molar-refractivity contribution in [3.8, 4) is 0 Å². The highest BCUT2D eigenvalue weighted by Gasteiger charge is 2.28. The van der Waals surface area contributed by atoms with Crippen LogP contribution < -0.4 is 10.6 Å². The van der Waals surface area contributed by atoms with E-state index in [-0.39, 0.29) is 17.3 Å². The van der Waals surface area contributed by atoms with Gasteiger partial charge in [-0.05, 0) is 30.2 Å². The molecule has 2 aromatic carbocycles. The summed E-state index contributed by atoms with van der Waals surface area (Å²) in [5, 5.41) is 0. The van der Waals surface area contributed by atoms with Crippen molar-refractivity contribution in [2.75, 3.05) is 17.2 Å². The summed E-state index contributed by atoms with van der Waals surface area (Å²) in [5.74, 6) is -0.661. The number of anilines is 2. The number of nitrogen functional groups attached to an aromatic ring is 1. The molecule has 0 aromatic heterocycles. The normalized spacial score (nSPS) is 14.4. The minimum absolute atomic E-state index is 0.182. The van der Waals surface area contributed by atoms with E-state index in [4.69, 9.17) is 5.73 Å². The highest BCUT2D eigenvalue weighted by atomic mass is 19.1. The van der Waals surface area contributed by atoms with Crippen molar-refractivity contribution in [1.82, 2.24) is 0 Å². The minimum Gasteiger partial charge on any atom is -0.397 e. The molecule has 0 radical (unpaired) electrons. The van der Waals surface area contributed by atoms with Gasteiger partial charge in [-0.2, -0.15) is 0 Å². The van der Waals surface area contributed by atoms with Crippen LogP contribution in [0.15, 0.2) is 42.5 Å². The predicted octanol–water partition coefficient (Wildman–Crippen LogP) is 2.61. The maximum absolute atomic E-state index is 13.9. The van der Waals surface area contributed by atoms with Crippen molar-refractivity contribution in [3.63, 3.8) is 0 Å². The van der Waals surface area contributed by atoms with Gasteiger partial charge >= 0.3 is 0 Å². The van der Waals surface area contributed by atoms with Gasteiger partial charge < -0.3 is 10.6 Å². The fourth-order valence-corrected chi connectivity index (χ4v) is 2.46. The summed E-state index contributed by atoms with van der Waals surface area (Å²) in [7, 11) is 0. The van der Waals surface area contributed by atoms with Gasteiger partial charge in [-0.15, -0.1) is 0 Å². The first-order valence-electron chi connectivity index (χ1n) is 6.12. The van der Waals surface area contributed by atoms with Crippen LogP contribution in [0, 0.1) is 5.82 Å². The lowest BCUT2D eigenvalue weighted by molar-refractivity contribution is 0.0980. The quantitative estimate of drug-likeness (QED) is 0.797. The van der Waals surface area contributed by atoms with Crippen LogP contribution >= 0.6 is 0 Å². The smallest absolute Gasteiger partial charge is 0.258 e. The molecule has 1 heterocycles. The van der Waals surface area contributed by atoms with Crippen LogP contribution in [0.2, 0.25) is 0 Å². The summed E-state index contributed by atoms with van der Waals surface area (Å²) in [6, 6.07) is 11.9. The second-order valence-electron chi connectivity index (χ2n) is 4.54. The molecule has 0 spiro atoms. The largest absolute Gasteiger partial charge is 0.397 e. The van der Waals surface area contributed by atoms with Crippen molar-refractivity contribution < 1.29 is 9.18 Å². The van der Waals surface area contributed by atoms with Crippen molar-refractivity contribution in [2.45, 2.75) is 6.42 Å². The lowest BCUT2D eigenvalue weighted by Gasteiger charge is -2.29. The van der Waals surface area contributed by atoms with Gasteiger partial charge in [-0.25, -0.2) is 4.39 Å². The summed E-state index contributed by atoms with van der Waals surface area (Å²) < 4.78 is 13.9. The number of halogens is 1. The van der Waals surface area contributed by atoms with Gasteiger partial charge in [0.2, 0.25) is 0 Å². The molecular weight excluding hydrogens is 243 g/mol. The third kappa shape index (κ3) is 1.85. The van der Waals surface area contributed by atoms with E-state index in [1.54, 1.807) is 12.1 Å². The molecule has 0 atom stereocenters. The van der Waals surface area contributed by atoms with Crippen LogP contribution in [-0.4, -0.2) is 12.5 Å². The Labute approximate surface area is 110 Å². The molecule has 0 saturated heterocycles. The van der Waals surface area contributed by atoms with E-state index in [1.807, 2.05) is 18.2 Å². The molecule has 0 saturated carbocycles. The Hall–Kier alpha value is -2.36. The van der Waals surface area contributed by atoms with Gasteiger partial charge in [-0.1, -0.05) is 24.3 Å². The van der Waals surface area contributed by atoms with Gasteiger partial charge in [0.15, 0.2) is 0 Å². The van der Waals surface area contributed by atoms with Gasteiger partial charge in [0.1, 0.15) is 11.5 Å². The summed E-state index contributed by atoms with van der Waals surface area (Å²) in [5.41, 5.74) is 7.89.